The topological polar surface area (TPSA) is 49.7 Å². The number of aryl methyl sites for hydroxylation is 1. The molecular weight excluding hydrogens is 374 g/mol. The summed E-state index contributed by atoms with van der Waals surface area (Å²) in [6, 6.07) is 11.4. The average molecular weight is 388 g/mol. The number of hydrogen-bond acceptors (Lipinski definition) is 4. The van der Waals surface area contributed by atoms with Gasteiger partial charge in [0, 0.05) is 34.2 Å². The summed E-state index contributed by atoms with van der Waals surface area (Å²) >= 11 is 3.47. The van der Waals surface area contributed by atoms with E-state index in [-0.39, 0.29) is 19.4 Å². The Morgan fingerprint density at radius 2 is 2.00 bits per heavy atom. The number of rotatable bonds is 3. The Bertz CT molecular complexity index is 948. The molecule has 0 atom stereocenters. The fourth-order valence-electron chi connectivity index (χ4n) is 2.80. The minimum absolute atomic E-state index is 0.152. The molecular formula is C18H14BrNO4. The van der Waals surface area contributed by atoms with Gasteiger partial charge < -0.3 is 18.8 Å². The second-order valence-electron chi connectivity index (χ2n) is 5.54. The van der Waals surface area contributed by atoms with Crippen LogP contribution in [0.15, 0.2) is 47.1 Å². The van der Waals surface area contributed by atoms with Gasteiger partial charge in [-0.15, -0.1) is 0 Å². The maximum Gasteiger partial charge on any atom is 0.340 e. The lowest BCUT2D eigenvalue weighted by molar-refractivity contribution is 0.0474. The molecule has 0 N–H and O–H groups in total. The first-order valence-electron chi connectivity index (χ1n) is 7.42. The van der Waals surface area contributed by atoms with E-state index in [0.29, 0.717) is 17.1 Å². The van der Waals surface area contributed by atoms with Crippen LogP contribution in [0, 0.1) is 0 Å². The third-order valence-corrected chi connectivity index (χ3v) is 4.76. The molecule has 2 aromatic carbocycles. The van der Waals surface area contributed by atoms with Crippen molar-refractivity contribution >= 4 is 32.8 Å². The summed E-state index contributed by atoms with van der Waals surface area (Å²) in [5, 5.41) is 0.884. The normalized spacial score (nSPS) is 12.6. The number of aromatic nitrogens is 1. The van der Waals surface area contributed by atoms with Crippen molar-refractivity contribution in [3.05, 3.63) is 58.2 Å². The van der Waals surface area contributed by atoms with Crippen LogP contribution in [0.2, 0.25) is 0 Å². The quantitative estimate of drug-likeness (QED) is 0.636. The highest BCUT2D eigenvalue weighted by molar-refractivity contribution is 9.10. The largest absolute Gasteiger partial charge is 0.457 e. The smallest absolute Gasteiger partial charge is 0.340 e. The fourth-order valence-corrected chi connectivity index (χ4v) is 3.23. The molecule has 122 valence electrons. The molecule has 0 unspecified atom stereocenters. The van der Waals surface area contributed by atoms with Gasteiger partial charge in [-0.3, -0.25) is 0 Å². The molecule has 4 rings (SSSR count). The van der Waals surface area contributed by atoms with Gasteiger partial charge in [-0.2, -0.15) is 0 Å². The Labute approximate surface area is 146 Å². The molecule has 0 saturated heterocycles. The third kappa shape index (κ3) is 2.53. The highest BCUT2D eigenvalue weighted by Gasteiger charge is 2.19. The number of nitrogens with zero attached hydrogens (tertiary/aromatic N) is 1. The maximum absolute atomic E-state index is 12.5. The van der Waals surface area contributed by atoms with Gasteiger partial charge in [0.25, 0.3) is 0 Å². The van der Waals surface area contributed by atoms with Crippen molar-refractivity contribution < 1.29 is 19.0 Å². The van der Waals surface area contributed by atoms with Crippen LogP contribution in [0.5, 0.6) is 11.5 Å². The Kier molecular flexibility index (Phi) is 3.69. The summed E-state index contributed by atoms with van der Waals surface area (Å²) in [5.41, 5.74) is 2.38. The van der Waals surface area contributed by atoms with Crippen molar-refractivity contribution in [2.24, 2.45) is 7.05 Å². The van der Waals surface area contributed by atoms with Gasteiger partial charge in [-0.25, -0.2) is 4.79 Å². The van der Waals surface area contributed by atoms with Crippen LogP contribution in [-0.2, 0) is 18.4 Å². The zero-order chi connectivity index (χ0) is 16.7. The number of esters is 1. The van der Waals surface area contributed by atoms with E-state index >= 15 is 0 Å². The van der Waals surface area contributed by atoms with Crippen LogP contribution in [0.4, 0.5) is 0 Å². The van der Waals surface area contributed by atoms with Gasteiger partial charge in [0.05, 0.1) is 5.56 Å². The first-order valence-corrected chi connectivity index (χ1v) is 8.22. The molecule has 0 aliphatic carbocycles. The Morgan fingerprint density at radius 1 is 1.25 bits per heavy atom. The molecule has 0 saturated carbocycles. The summed E-state index contributed by atoms with van der Waals surface area (Å²) < 4.78 is 18.9. The molecule has 0 fully saturated rings. The van der Waals surface area contributed by atoms with Gasteiger partial charge in [0.1, 0.15) is 6.61 Å². The molecule has 3 aromatic rings. The van der Waals surface area contributed by atoms with Crippen LogP contribution < -0.4 is 9.47 Å². The third-order valence-electron chi connectivity index (χ3n) is 4.02. The summed E-state index contributed by atoms with van der Waals surface area (Å²) in [6.07, 6.45) is 1.79. The number of fused-ring (bicyclic) bond motifs is 2. The van der Waals surface area contributed by atoms with Crippen molar-refractivity contribution in [2.75, 3.05) is 6.79 Å². The maximum atomic E-state index is 12.5. The van der Waals surface area contributed by atoms with Gasteiger partial charge in [-0.05, 0) is 18.2 Å². The molecule has 6 heteroatoms. The number of hydrogen-bond donors (Lipinski definition) is 0. The monoisotopic (exact) mass is 387 g/mol. The molecule has 2 heterocycles. The highest BCUT2D eigenvalue weighted by Crippen LogP contribution is 2.37. The first kappa shape index (κ1) is 15.1. The van der Waals surface area contributed by atoms with E-state index < -0.39 is 0 Å². The zero-order valence-corrected chi connectivity index (χ0v) is 14.5. The van der Waals surface area contributed by atoms with E-state index in [1.165, 1.54) is 0 Å². The van der Waals surface area contributed by atoms with Crippen molar-refractivity contribution in [1.82, 2.24) is 4.57 Å². The standard InChI is InChI=1S/C18H14BrNO4/c1-20-8-13(12-4-2-3-5-15(12)20)18(21)22-9-11-6-16-17(7-14(11)19)24-10-23-16/h2-8H,9-10H2,1H3. The van der Waals surface area contributed by atoms with Crippen LogP contribution in [0.1, 0.15) is 15.9 Å². The van der Waals surface area contributed by atoms with Crippen molar-refractivity contribution in [3.8, 4) is 11.5 Å². The Hall–Kier alpha value is -2.47. The van der Waals surface area contributed by atoms with Crippen molar-refractivity contribution in [1.29, 1.82) is 0 Å². The second kappa shape index (κ2) is 5.87. The molecule has 1 aromatic heterocycles. The van der Waals surface area contributed by atoms with E-state index in [9.17, 15) is 4.79 Å². The van der Waals surface area contributed by atoms with Crippen LogP contribution >= 0.6 is 15.9 Å². The first-order chi connectivity index (χ1) is 11.6. The second-order valence-corrected chi connectivity index (χ2v) is 6.40. The SMILES string of the molecule is Cn1cc(C(=O)OCc2cc3c(cc2Br)OCO3)c2ccccc21. The van der Waals surface area contributed by atoms with Crippen molar-refractivity contribution in [2.45, 2.75) is 6.61 Å². The molecule has 0 radical (unpaired) electrons. The van der Waals surface area contributed by atoms with Gasteiger partial charge in [-0.1, -0.05) is 34.1 Å². The lowest BCUT2D eigenvalue weighted by atomic mass is 10.2. The van der Waals surface area contributed by atoms with Crippen LogP contribution in [0.3, 0.4) is 0 Å². The summed E-state index contributed by atoms with van der Waals surface area (Å²) in [6.45, 7) is 0.361. The van der Waals surface area contributed by atoms with Crippen LogP contribution in [-0.4, -0.2) is 17.3 Å². The molecule has 5 nitrogen and oxygen atoms in total. The number of benzene rings is 2. The summed E-state index contributed by atoms with van der Waals surface area (Å²) in [7, 11) is 1.91. The van der Waals surface area contributed by atoms with E-state index in [2.05, 4.69) is 15.9 Å². The predicted molar refractivity (Wildman–Crippen MR) is 92.3 cm³/mol. The van der Waals surface area contributed by atoms with Crippen molar-refractivity contribution in [3.63, 3.8) is 0 Å². The molecule has 0 bridgehead atoms. The molecule has 0 amide bonds. The molecule has 1 aliphatic rings. The van der Waals surface area contributed by atoms with Crippen LogP contribution in [0.25, 0.3) is 10.9 Å². The van der Waals surface area contributed by atoms with E-state index in [1.54, 1.807) is 6.20 Å². The molecule has 1 aliphatic heterocycles. The lowest BCUT2D eigenvalue weighted by Gasteiger charge is -2.07. The number of para-hydroxylation sites is 1. The zero-order valence-electron chi connectivity index (χ0n) is 12.9. The lowest BCUT2D eigenvalue weighted by Crippen LogP contribution is -2.05. The summed E-state index contributed by atoms with van der Waals surface area (Å²) in [4.78, 5) is 12.5. The minimum atomic E-state index is -0.351. The van der Waals surface area contributed by atoms with Gasteiger partial charge in [0.2, 0.25) is 6.79 Å². The predicted octanol–water partition coefficient (Wildman–Crippen LogP) is 4.03. The number of ether oxygens (including phenoxy) is 3. The number of carbonyl (C=O) groups is 1. The van der Waals surface area contributed by atoms with E-state index in [0.717, 1.165) is 20.9 Å². The van der Waals surface area contributed by atoms with Gasteiger partial charge >= 0.3 is 5.97 Å². The van der Waals surface area contributed by atoms with E-state index in [4.69, 9.17) is 14.2 Å². The van der Waals surface area contributed by atoms with E-state index in [1.807, 2.05) is 48.0 Å². The average Bonchev–Trinajstić information content (AvgIpc) is 3.17. The minimum Gasteiger partial charge on any atom is -0.457 e. The Balaban J connectivity index is 1.57. The van der Waals surface area contributed by atoms with Gasteiger partial charge in [0.15, 0.2) is 11.5 Å². The highest BCUT2D eigenvalue weighted by atomic mass is 79.9. The number of carbonyl (C=O) groups excluding carboxylic acids is 1. The molecule has 24 heavy (non-hydrogen) atoms. The Morgan fingerprint density at radius 3 is 2.83 bits per heavy atom. The fraction of sp³-hybridized carbons (Fsp3) is 0.167. The summed E-state index contributed by atoms with van der Waals surface area (Å²) in [5.74, 6) is 0.997. The molecule has 0 spiro atoms. The number of halogens is 1.